The number of nitrogens with zero attached hydrogens (tertiary/aromatic N) is 1. The highest BCUT2D eigenvalue weighted by Gasteiger charge is 2.34. The first-order valence-corrected chi connectivity index (χ1v) is 5.35. The van der Waals surface area contributed by atoms with Gasteiger partial charge in [0.2, 0.25) is 0 Å². The maximum absolute atomic E-state index is 9.85. The predicted octanol–water partition coefficient (Wildman–Crippen LogP) is 1.74. The van der Waals surface area contributed by atoms with Crippen LogP contribution in [-0.2, 0) is 0 Å². The monoisotopic (exact) mass is 185 g/mol. The fourth-order valence-corrected chi connectivity index (χ4v) is 1.81. The van der Waals surface area contributed by atoms with Crippen LogP contribution in [0.15, 0.2) is 0 Å². The zero-order valence-corrected chi connectivity index (χ0v) is 9.38. The van der Waals surface area contributed by atoms with E-state index in [9.17, 15) is 5.11 Å². The summed E-state index contributed by atoms with van der Waals surface area (Å²) in [4.78, 5) is 2.26. The topological polar surface area (TPSA) is 23.5 Å². The van der Waals surface area contributed by atoms with Gasteiger partial charge in [-0.15, -0.1) is 0 Å². The van der Waals surface area contributed by atoms with Gasteiger partial charge in [0.1, 0.15) is 0 Å². The second kappa shape index (κ2) is 3.97. The Morgan fingerprint density at radius 1 is 1.54 bits per heavy atom. The summed E-state index contributed by atoms with van der Waals surface area (Å²) in [7, 11) is 2.11. The molecule has 1 aliphatic carbocycles. The van der Waals surface area contributed by atoms with Gasteiger partial charge < -0.3 is 10.0 Å². The molecule has 0 spiro atoms. The Hall–Kier alpha value is -0.0800. The molecule has 13 heavy (non-hydrogen) atoms. The van der Waals surface area contributed by atoms with E-state index in [-0.39, 0.29) is 0 Å². The van der Waals surface area contributed by atoms with Gasteiger partial charge >= 0.3 is 0 Å². The van der Waals surface area contributed by atoms with Crippen molar-refractivity contribution in [2.45, 2.75) is 39.2 Å². The molecule has 3 unspecified atom stereocenters. The first-order chi connectivity index (χ1) is 5.94. The Bertz CT molecular complexity index is 167. The predicted molar refractivity (Wildman–Crippen MR) is 55.7 cm³/mol. The van der Waals surface area contributed by atoms with Crippen molar-refractivity contribution in [2.24, 2.45) is 11.8 Å². The average molecular weight is 185 g/mol. The van der Waals surface area contributed by atoms with Crippen molar-refractivity contribution in [2.75, 3.05) is 20.1 Å². The fourth-order valence-electron chi connectivity index (χ4n) is 1.81. The van der Waals surface area contributed by atoms with E-state index in [0.717, 1.165) is 31.3 Å². The van der Waals surface area contributed by atoms with Crippen LogP contribution in [0.25, 0.3) is 0 Å². The van der Waals surface area contributed by atoms with Crippen molar-refractivity contribution in [3.05, 3.63) is 0 Å². The van der Waals surface area contributed by atoms with Gasteiger partial charge in [0.15, 0.2) is 0 Å². The Kier molecular flexibility index (Phi) is 3.36. The lowest BCUT2D eigenvalue weighted by Crippen LogP contribution is -2.39. The maximum Gasteiger partial charge on any atom is 0.0743 e. The van der Waals surface area contributed by atoms with Gasteiger partial charge in [0, 0.05) is 13.1 Å². The Labute approximate surface area is 81.9 Å². The number of hydrogen-bond donors (Lipinski definition) is 1. The first-order valence-electron chi connectivity index (χ1n) is 5.35. The first kappa shape index (κ1) is 11.0. The normalized spacial score (nSPS) is 31.8. The van der Waals surface area contributed by atoms with E-state index in [1.54, 1.807) is 0 Å². The van der Waals surface area contributed by atoms with Crippen LogP contribution in [0.4, 0.5) is 0 Å². The number of rotatable bonds is 5. The third-order valence-electron chi connectivity index (χ3n) is 3.19. The molecule has 0 saturated heterocycles. The number of hydrogen-bond acceptors (Lipinski definition) is 2. The van der Waals surface area contributed by atoms with E-state index < -0.39 is 5.60 Å². The van der Waals surface area contributed by atoms with E-state index >= 15 is 0 Å². The smallest absolute Gasteiger partial charge is 0.0743 e. The van der Waals surface area contributed by atoms with Gasteiger partial charge in [-0.2, -0.15) is 0 Å². The molecule has 1 rings (SSSR count). The molecule has 0 bridgehead atoms. The zero-order chi connectivity index (χ0) is 10.1. The summed E-state index contributed by atoms with van der Waals surface area (Å²) in [5, 5.41) is 9.85. The molecule has 0 radical (unpaired) electrons. The van der Waals surface area contributed by atoms with Crippen LogP contribution in [0.3, 0.4) is 0 Å². The van der Waals surface area contributed by atoms with Crippen molar-refractivity contribution in [3.63, 3.8) is 0 Å². The second-order valence-electron chi connectivity index (χ2n) is 5.02. The summed E-state index contributed by atoms with van der Waals surface area (Å²) in [6.45, 7) is 8.20. The van der Waals surface area contributed by atoms with Gasteiger partial charge in [0.05, 0.1) is 5.60 Å². The molecule has 78 valence electrons. The van der Waals surface area contributed by atoms with E-state index in [0.29, 0.717) is 0 Å². The SMILES string of the molecule is CCC(C)(O)CN(C)CC1CC1C. The van der Waals surface area contributed by atoms with E-state index in [1.807, 2.05) is 13.8 Å². The summed E-state index contributed by atoms with van der Waals surface area (Å²) >= 11 is 0. The molecule has 0 aromatic heterocycles. The van der Waals surface area contributed by atoms with Crippen LogP contribution in [0.2, 0.25) is 0 Å². The molecule has 0 aromatic carbocycles. The minimum absolute atomic E-state index is 0.507. The summed E-state index contributed by atoms with van der Waals surface area (Å²) in [6, 6.07) is 0. The molecule has 0 aliphatic heterocycles. The standard InChI is InChI=1S/C11H23NO/c1-5-11(3,13)8-12(4)7-10-6-9(10)2/h9-10,13H,5-8H2,1-4H3. The molecule has 0 amide bonds. The van der Waals surface area contributed by atoms with Gasteiger partial charge in [-0.25, -0.2) is 0 Å². The molecule has 2 nitrogen and oxygen atoms in total. The highest BCUT2D eigenvalue weighted by atomic mass is 16.3. The second-order valence-corrected chi connectivity index (χ2v) is 5.02. The lowest BCUT2D eigenvalue weighted by Gasteiger charge is -2.28. The van der Waals surface area contributed by atoms with Gasteiger partial charge in [-0.05, 0) is 38.6 Å². The minimum atomic E-state index is -0.507. The van der Waals surface area contributed by atoms with Crippen LogP contribution < -0.4 is 0 Å². The fraction of sp³-hybridized carbons (Fsp3) is 1.00. The minimum Gasteiger partial charge on any atom is -0.389 e. The van der Waals surface area contributed by atoms with E-state index in [4.69, 9.17) is 0 Å². The lowest BCUT2D eigenvalue weighted by atomic mass is 10.0. The summed E-state index contributed by atoms with van der Waals surface area (Å²) in [5.41, 5.74) is -0.507. The molecular weight excluding hydrogens is 162 g/mol. The molecular formula is C11H23NO. The van der Waals surface area contributed by atoms with Crippen LogP contribution in [0.5, 0.6) is 0 Å². The Morgan fingerprint density at radius 3 is 2.46 bits per heavy atom. The lowest BCUT2D eigenvalue weighted by molar-refractivity contribution is 0.0224. The van der Waals surface area contributed by atoms with E-state index in [2.05, 4.69) is 18.9 Å². The average Bonchev–Trinajstić information content (AvgIpc) is 2.65. The highest BCUT2D eigenvalue weighted by molar-refractivity contribution is 4.86. The molecule has 3 atom stereocenters. The number of likely N-dealkylation sites (N-methyl/N-ethyl adjacent to an activating group) is 1. The van der Waals surface area contributed by atoms with Crippen molar-refractivity contribution in [1.82, 2.24) is 4.90 Å². The van der Waals surface area contributed by atoms with Crippen LogP contribution >= 0.6 is 0 Å². The molecule has 1 aliphatic rings. The van der Waals surface area contributed by atoms with Crippen LogP contribution in [0, 0.1) is 11.8 Å². The molecule has 1 N–H and O–H groups in total. The third kappa shape index (κ3) is 3.65. The molecule has 0 aromatic rings. The van der Waals surface area contributed by atoms with Crippen molar-refractivity contribution >= 4 is 0 Å². The molecule has 1 saturated carbocycles. The van der Waals surface area contributed by atoms with Crippen molar-refractivity contribution in [3.8, 4) is 0 Å². The number of aliphatic hydroxyl groups is 1. The quantitative estimate of drug-likeness (QED) is 0.705. The van der Waals surface area contributed by atoms with Crippen molar-refractivity contribution in [1.29, 1.82) is 0 Å². The maximum atomic E-state index is 9.85. The third-order valence-corrected chi connectivity index (χ3v) is 3.19. The summed E-state index contributed by atoms with van der Waals surface area (Å²) in [6.07, 6.45) is 2.20. The largest absolute Gasteiger partial charge is 0.389 e. The van der Waals surface area contributed by atoms with Crippen molar-refractivity contribution < 1.29 is 5.11 Å². The zero-order valence-electron chi connectivity index (χ0n) is 9.38. The van der Waals surface area contributed by atoms with Gasteiger partial charge in [-0.1, -0.05) is 13.8 Å². The summed E-state index contributed by atoms with van der Waals surface area (Å²) in [5.74, 6) is 1.80. The summed E-state index contributed by atoms with van der Waals surface area (Å²) < 4.78 is 0. The van der Waals surface area contributed by atoms with Crippen LogP contribution in [0.1, 0.15) is 33.6 Å². The molecule has 2 heteroatoms. The molecule has 1 fully saturated rings. The Morgan fingerprint density at radius 2 is 2.08 bits per heavy atom. The van der Waals surface area contributed by atoms with E-state index in [1.165, 1.54) is 6.42 Å². The van der Waals surface area contributed by atoms with Gasteiger partial charge in [-0.3, -0.25) is 0 Å². The molecule has 0 heterocycles. The van der Waals surface area contributed by atoms with Gasteiger partial charge in [0.25, 0.3) is 0 Å². The van der Waals surface area contributed by atoms with Crippen LogP contribution in [-0.4, -0.2) is 35.7 Å². The Balaban J connectivity index is 2.20. The highest BCUT2D eigenvalue weighted by Crippen LogP contribution is 2.38.